The average molecular weight is 611 g/mol. The van der Waals surface area contributed by atoms with Gasteiger partial charge in [0.2, 0.25) is 5.88 Å². The quantitative estimate of drug-likeness (QED) is 0.224. The number of aromatic nitrogens is 2. The number of halogens is 2. The van der Waals surface area contributed by atoms with Crippen LogP contribution < -0.4 is 0 Å². The first kappa shape index (κ1) is 29.7. The van der Waals surface area contributed by atoms with Crippen molar-refractivity contribution in [3.05, 3.63) is 81.6 Å². The van der Waals surface area contributed by atoms with E-state index in [4.69, 9.17) is 32.7 Å². The minimum Gasteiger partial charge on any atom is -0.494 e. The number of rotatable bonds is 6. The minimum absolute atomic E-state index is 0.0696. The SMILES string of the molecule is Cc1nc2cn(C[C@@H]3CCCN3C(=O)OC(C)(C)C)c(O)c2c(-c2ccc(Cl)cc2Cl)c1C(=O)OCc1ccccc1. The molecule has 42 heavy (non-hydrogen) atoms. The zero-order chi connectivity index (χ0) is 30.2. The summed E-state index contributed by atoms with van der Waals surface area (Å²) in [5, 5.41) is 12.7. The Balaban J connectivity index is 1.58. The van der Waals surface area contributed by atoms with Crippen LogP contribution in [0.5, 0.6) is 5.88 Å². The Kier molecular flexibility index (Phi) is 8.39. The smallest absolute Gasteiger partial charge is 0.410 e. The topological polar surface area (TPSA) is 93.9 Å². The molecule has 2 aromatic carbocycles. The van der Waals surface area contributed by atoms with Crippen molar-refractivity contribution in [1.82, 2.24) is 14.5 Å². The van der Waals surface area contributed by atoms with Gasteiger partial charge in [-0.3, -0.25) is 4.98 Å². The molecule has 1 amide bonds. The highest BCUT2D eigenvalue weighted by Gasteiger charge is 2.34. The highest BCUT2D eigenvalue weighted by atomic mass is 35.5. The van der Waals surface area contributed by atoms with E-state index in [9.17, 15) is 14.7 Å². The van der Waals surface area contributed by atoms with E-state index in [2.05, 4.69) is 4.98 Å². The lowest BCUT2D eigenvalue weighted by Gasteiger charge is -2.29. The molecule has 1 fully saturated rings. The van der Waals surface area contributed by atoms with Gasteiger partial charge in [0.25, 0.3) is 0 Å². The van der Waals surface area contributed by atoms with Crippen molar-refractivity contribution >= 4 is 46.2 Å². The van der Waals surface area contributed by atoms with Crippen molar-refractivity contribution in [3.8, 4) is 17.0 Å². The van der Waals surface area contributed by atoms with Crippen LogP contribution in [0.3, 0.4) is 0 Å². The lowest BCUT2D eigenvalue weighted by molar-refractivity contribution is 0.0212. The van der Waals surface area contributed by atoms with Crippen molar-refractivity contribution in [2.45, 2.75) is 65.3 Å². The molecule has 0 spiro atoms. The second kappa shape index (κ2) is 11.9. The number of carbonyl (C=O) groups is 2. The minimum atomic E-state index is -0.617. The van der Waals surface area contributed by atoms with Crippen LogP contribution in [0.25, 0.3) is 22.0 Å². The normalized spacial score (nSPS) is 15.3. The summed E-state index contributed by atoms with van der Waals surface area (Å²) < 4.78 is 13.0. The van der Waals surface area contributed by atoms with Crippen molar-refractivity contribution in [3.63, 3.8) is 0 Å². The Morgan fingerprint density at radius 2 is 1.86 bits per heavy atom. The number of esters is 1. The summed E-state index contributed by atoms with van der Waals surface area (Å²) in [6.07, 6.45) is 2.93. The number of aromatic hydroxyl groups is 1. The lowest BCUT2D eigenvalue weighted by Crippen LogP contribution is -2.41. The monoisotopic (exact) mass is 609 g/mol. The van der Waals surface area contributed by atoms with Gasteiger partial charge in [-0.25, -0.2) is 9.59 Å². The molecule has 0 radical (unpaired) electrons. The average Bonchev–Trinajstić information content (AvgIpc) is 3.51. The van der Waals surface area contributed by atoms with Gasteiger partial charge in [0.1, 0.15) is 12.2 Å². The predicted molar refractivity (Wildman–Crippen MR) is 163 cm³/mol. The summed E-state index contributed by atoms with van der Waals surface area (Å²) >= 11 is 12.9. The molecule has 0 aliphatic carbocycles. The molecule has 1 N–H and O–H groups in total. The number of carbonyl (C=O) groups excluding carboxylic acids is 2. The number of amides is 1. The lowest BCUT2D eigenvalue weighted by atomic mass is 9.95. The van der Waals surface area contributed by atoms with E-state index in [0.717, 1.165) is 18.4 Å². The molecule has 8 nitrogen and oxygen atoms in total. The number of likely N-dealkylation sites (tertiary alicyclic amines) is 1. The second-order valence-corrected chi connectivity index (χ2v) is 12.3. The van der Waals surface area contributed by atoms with Gasteiger partial charge in [-0.15, -0.1) is 0 Å². The van der Waals surface area contributed by atoms with Crippen LogP contribution >= 0.6 is 23.2 Å². The molecule has 1 aliphatic rings. The van der Waals surface area contributed by atoms with Crippen LogP contribution in [0, 0.1) is 6.92 Å². The molecule has 1 atom stereocenters. The summed E-state index contributed by atoms with van der Waals surface area (Å²) in [5.41, 5.74) is 2.24. The molecule has 5 rings (SSSR count). The van der Waals surface area contributed by atoms with E-state index < -0.39 is 11.6 Å². The number of ether oxygens (including phenoxy) is 2. The van der Waals surface area contributed by atoms with Crippen LogP contribution in [-0.4, -0.2) is 49.8 Å². The zero-order valence-corrected chi connectivity index (χ0v) is 25.5. The van der Waals surface area contributed by atoms with E-state index in [-0.39, 0.29) is 30.2 Å². The predicted octanol–water partition coefficient (Wildman–Crippen LogP) is 7.78. The molecule has 220 valence electrons. The zero-order valence-electron chi connectivity index (χ0n) is 24.0. The molecule has 1 aliphatic heterocycles. The van der Waals surface area contributed by atoms with Crippen LogP contribution in [-0.2, 0) is 22.6 Å². The number of hydrogen-bond donors (Lipinski definition) is 1. The molecular formula is C32H33Cl2N3O5. The number of hydrogen-bond acceptors (Lipinski definition) is 6. The van der Waals surface area contributed by atoms with Crippen molar-refractivity contribution in [1.29, 1.82) is 0 Å². The van der Waals surface area contributed by atoms with Crippen LogP contribution in [0.2, 0.25) is 10.0 Å². The van der Waals surface area contributed by atoms with Crippen LogP contribution in [0.15, 0.2) is 54.7 Å². The van der Waals surface area contributed by atoms with E-state index in [0.29, 0.717) is 50.9 Å². The van der Waals surface area contributed by atoms with E-state index in [1.54, 1.807) is 40.8 Å². The third-order valence-electron chi connectivity index (χ3n) is 7.21. The van der Waals surface area contributed by atoms with E-state index in [1.807, 2.05) is 51.1 Å². The van der Waals surface area contributed by atoms with E-state index in [1.165, 1.54) is 0 Å². The Morgan fingerprint density at radius 1 is 1.12 bits per heavy atom. The van der Waals surface area contributed by atoms with Crippen molar-refractivity contribution in [2.75, 3.05) is 6.54 Å². The number of benzene rings is 2. The summed E-state index contributed by atoms with van der Waals surface area (Å²) in [6, 6.07) is 14.2. The third-order valence-corrected chi connectivity index (χ3v) is 7.76. The molecule has 0 saturated carbocycles. The molecule has 3 heterocycles. The van der Waals surface area contributed by atoms with Crippen LogP contribution in [0.4, 0.5) is 4.79 Å². The summed E-state index contributed by atoms with van der Waals surface area (Å²) in [7, 11) is 0. The Bertz CT molecular complexity index is 1650. The fraction of sp³-hybridized carbons (Fsp3) is 0.344. The number of aryl methyl sites for hydroxylation is 1. The summed E-state index contributed by atoms with van der Waals surface area (Å²) in [4.78, 5) is 32.9. The van der Waals surface area contributed by atoms with Crippen molar-refractivity contribution < 1.29 is 24.2 Å². The van der Waals surface area contributed by atoms with Crippen molar-refractivity contribution in [2.24, 2.45) is 0 Å². The summed E-state index contributed by atoms with van der Waals surface area (Å²) in [5.74, 6) is -0.683. The van der Waals surface area contributed by atoms with Gasteiger partial charge in [-0.05, 0) is 58.2 Å². The van der Waals surface area contributed by atoms with Gasteiger partial charge in [0, 0.05) is 40.5 Å². The molecular weight excluding hydrogens is 577 g/mol. The van der Waals surface area contributed by atoms with Gasteiger partial charge < -0.3 is 24.0 Å². The number of pyridine rings is 1. The third kappa shape index (κ3) is 6.20. The fourth-order valence-electron chi connectivity index (χ4n) is 5.36. The standard InChI is InChI=1S/C32H33Cl2N3O5/c1-19-26(30(39)41-18-20-9-6-5-7-10-20)27(23-13-12-21(33)15-24(23)34)28-25(35-19)17-36(29(28)38)16-22-11-8-14-37(22)31(40)42-32(2,3)4/h5-7,9-10,12-13,15,17,22,38H,8,11,14,16,18H2,1-4H3/t22-/m0/s1. The Labute approximate surface area is 254 Å². The number of fused-ring (bicyclic) bond motifs is 1. The van der Waals surface area contributed by atoms with Gasteiger partial charge in [0.05, 0.1) is 28.2 Å². The fourth-order valence-corrected chi connectivity index (χ4v) is 5.86. The molecule has 4 aromatic rings. The molecule has 1 saturated heterocycles. The molecule has 0 unspecified atom stereocenters. The highest BCUT2D eigenvalue weighted by Crippen LogP contribution is 2.43. The summed E-state index contributed by atoms with van der Waals surface area (Å²) in [6.45, 7) is 8.19. The molecule has 2 aromatic heterocycles. The molecule has 0 bridgehead atoms. The maximum absolute atomic E-state index is 13.6. The van der Waals surface area contributed by atoms with Gasteiger partial charge >= 0.3 is 12.1 Å². The maximum Gasteiger partial charge on any atom is 0.410 e. The maximum atomic E-state index is 13.6. The first-order valence-corrected chi connectivity index (χ1v) is 14.6. The van der Waals surface area contributed by atoms with Crippen LogP contribution in [0.1, 0.15) is 55.2 Å². The molecule has 10 heteroatoms. The second-order valence-electron chi connectivity index (χ2n) is 11.5. The first-order chi connectivity index (χ1) is 19.9. The van der Waals surface area contributed by atoms with E-state index >= 15 is 0 Å². The first-order valence-electron chi connectivity index (χ1n) is 13.8. The van der Waals surface area contributed by atoms with Gasteiger partial charge in [-0.1, -0.05) is 59.6 Å². The Hall–Kier alpha value is -3.75. The number of nitrogens with zero attached hydrogens (tertiary/aromatic N) is 3. The largest absolute Gasteiger partial charge is 0.494 e. The van der Waals surface area contributed by atoms with Gasteiger partial charge in [-0.2, -0.15) is 0 Å². The highest BCUT2D eigenvalue weighted by molar-refractivity contribution is 6.37. The Morgan fingerprint density at radius 3 is 2.55 bits per heavy atom. The van der Waals surface area contributed by atoms with Gasteiger partial charge in [0.15, 0.2) is 0 Å².